The van der Waals surface area contributed by atoms with Gasteiger partial charge in [-0.1, -0.05) is 65.2 Å². The Balaban J connectivity index is 1.80. The maximum atomic E-state index is 12.1. The van der Waals surface area contributed by atoms with Crippen molar-refractivity contribution in [1.29, 1.82) is 0 Å². The molecular weight excluding hydrogens is 500 g/mol. The van der Waals surface area contributed by atoms with Gasteiger partial charge in [-0.3, -0.25) is 9.59 Å². The van der Waals surface area contributed by atoms with Crippen LogP contribution in [0.1, 0.15) is 92.2 Å². The molecule has 2 aliphatic heterocycles. The Labute approximate surface area is 227 Å². The Morgan fingerprint density at radius 1 is 0.737 bits per heavy atom. The molecule has 222 valence electrons. The number of carbonyl (C=O) groups is 2. The van der Waals surface area contributed by atoms with Crippen LogP contribution in [0, 0.1) is 0 Å². The van der Waals surface area contributed by atoms with Crippen molar-refractivity contribution < 1.29 is 54.7 Å². The molecule has 0 aromatic rings. The standard InChI is InChI=1S/C27H48O11/c1-4-6-8-10-12-14-20(28)34-16-18-22(30)24(32)26(36-18)38-25-23(31)19(37-27(25)33-3)17-35-21(29)15-13-11-9-7-5-2/h18-19,22-27,30-32H,4-17H2,1-3H3/t18-,19-,22-,23-,24+,25+,26?,27+/m1/s1/i14D/t14?,18-,19-,22-,23-,24+,25+,26?,27+. The molecule has 9 atom stereocenters. The van der Waals surface area contributed by atoms with Gasteiger partial charge < -0.3 is 43.7 Å². The first-order valence-electron chi connectivity index (χ1n) is 14.6. The highest BCUT2D eigenvalue weighted by atomic mass is 16.8. The molecule has 0 aliphatic carbocycles. The third-order valence-electron chi connectivity index (χ3n) is 6.79. The zero-order valence-electron chi connectivity index (χ0n) is 24.0. The smallest absolute Gasteiger partial charge is 0.305 e. The van der Waals surface area contributed by atoms with Crippen LogP contribution in [0.4, 0.5) is 0 Å². The lowest BCUT2D eigenvalue weighted by molar-refractivity contribution is -0.242. The van der Waals surface area contributed by atoms with Crippen LogP contribution >= 0.6 is 0 Å². The molecule has 38 heavy (non-hydrogen) atoms. The highest BCUT2D eigenvalue weighted by Gasteiger charge is 2.51. The molecule has 0 bridgehead atoms. The molecule has 0 radical (unpaired) electrons. The molecule has 0 aromatic carbocycles. The van der Waals surface area contributed by atoms with Crippen LogP contribution < -0.4 is 0 Å². The molecule has 2 heterocycles. The molecule has 11 nitrogen and oxygen atoms in total. The third-order valence-corrected chi connectivity index (χ3v) is 6.79. The summed E-state index contributed by atoms with van der Waals surface area (Å²) in [6, 6.07) is 0. The van der Waals surface area contributed by atoms with Gasteiger partial charge in [0.25, 0.3) is 0 Å². The molecule has 0 saturated carbocycles. The van der Waals surface area contributed by atoms with Crippen molar-refractivity contribution in [3.05, 3.63) is 0 Å². The van der Waals surface area contributed by atoms with Gasteiger partial charge in [-0.05, 0) is 12.8 Å². The summed E-state index contributed by atoms with van der Waals surface area (Å²) >= 11 is 0. The number of rotatable bonds is 19. The third kappa shape index (κ3) is 10.7. The van der Waals surface area contributed by atoms with E-state index in [1.165, 1.54) is 7.11 Å². The van der Waals surface area contributed by atoms with E-state index in [9.17, 15) is 24.9 Å². The normalized spacial score (nSPS) is 32.2. The summed E-state index contributed by atoms with van der Waals surface area (Å²) in [5, 5.41) is 31.6. The molecule has 11 heteroatoms. The van der Waals surface area contributed by atoms with E-state index in [1.54, 1.807) is 0 Å². The van der Waals surface area contributed by atoms with Crippen molar-refractivity contribution in [2.45, 2.75) is 140 Å². The van der Waals surface area contributed by atoms with E-state index in [0.717, 1.165) is 57.8 Å². The maximum Gasteiger partial charge on any atom is 0.305 e. The predicted molar refractivity (Wildman–Crippen MR) is 136 cm³/mol. The number of carbonyl (C=O) groups excluding carboxylic acids is 2. The van der Waals surface area contributed by atoms with Crippen molar-refractivity contribution >= 4 is 11.9 Å². The molecular formula is C27H48O11. The number of methoxy groups -OCH3 is 1. The van der Waals surface area contributed by atoms with E-state index < -0.39 is 61.6 Å². The second-order valence-electron chi connectivity index (χ2n) is 9.92. The topological polar surface area (TPSA) is 150 Å². The van der Waals surface area contributed by atoms with E-state index in [-0.39, 0.29) is 25.6 Å². The zero-order chi connectivity index (χ0) is 28.8. The van der Waals surface area contributed by atoms with Gasteiger partial charge in [0.1, 0.15) is 49.8 Å². The van der Waals surface area contributed by atoms with Gasteiger partial charge >= 0.3 is 11.9 Å². The minimum Gasteiger partial charge on any atom is -0.463 e. The lowest BCUT2D eigenvalue weighted by Crippen LogP contribution is -2.43. The van der Waals surface area contributed by atoms with Gasteiger partial charge in [-0.2, -0.15) is 0 Å². The molecule has 2 rings (SSSR count). The first kappa shape index (κ1) is 31.2. The Bertz CT molecular complexity index is 711. The van der Waals surface area contributed by atoms with Crippen LogP contribution in [0.25, 0.3) is 0 Å². The second-order valence-corrected chi connectivity index (χ2v) is 9.92. The molecule has 0 aromatic heterocycles. The first-order chi connectivity index (χ1) is 18.7. The molecule has 2 aliphatic rings. The SMILES string of the molecule is [2H]C(CCCCCC)C(=O)OC[C@H]1OC(O[C@@H]2[C@@H](OC)O[C@H](COC(=O)CCCCCCC)[C@H]2O)[C@@H](O)[C@@H]1O. The van der Waals surface area contributed by atoms with Crippen LogP contribution in [0.15, 0.2) is 0 Å². The lowest BCUT2D eigenvalue weighted by Gasteiger charge is -2.25. The highest BCUT2D eigenvalue weighted by molar-refractivity contribution is 5.69. The van der Waals surface area contributed by atoms with E-state index >= 15 is 0 Å². The highest BCUT2D eigenvalue weighted by Crippen LogP contribution is 2.31. The number of hydrogen-bond acceptors (Lipinski definition) is 11. The Kier molecular flexibility index (Phi) is 14.9. The molecule has 0 spiro atoms. The predicted octanol–water partition coefficient (Wildman–Crippen LogP) is 2.36. The average Bonchev–Trinajstić information content (AvgIpc) is 3.38. The summed E-state index contributed by atoms with van der Waals surface area (Å²) in [6.07, 6.45) is -1.30. The van der Waals surface area contributed by atoms with Crippen LogP contribution in [0.3, 0.4) is 0 Å². The fourth-order valence-corrected chi connectivity index (χ4v) is 4.43. The van der Waals surface area contributed by atoms with Crippen molar-refractivity contribution in [1.82, 2.24) is 0 Å². The van der Waals surface area contributed by atoms with Gasteiger partial charge in [0.05, 0.1) is 0 Å². The number of unbranched alkanes of at least 4 members (excludes halogenated alkanes) is 7. The van der Waals surface area contributed by atoms with Crippen molar-refractivity contribution in [3.63, 3.8) is 0 Å². The maximum absolute atomic E-state index is 12.1. The largest absolute Gasteiger partial charge is 0.463 e. The van der Waals surface area contributed by atoms with E-state index in [2.05, 4.69) is 13.8 Å². The lowest BCUT2D eigenvalue weighted by atomic mass is 10.1. The van der Waals surface area contributed by atoms with Gasteiger partial charge in [-0.15, -0.1) is 0 Å². The van der Waals surface area contributed by atoms with Crippen LogP contribution in [-0.4, -0.2) is 96.8 Å². The van der Waals surface area contributed by atoms with E-state index in [0.29, 0.717) is 6.42 Å². The van der Waals surface area contributed by atoms with Gasteiger partial charge in [0, 0.05) is 21.3 Å². The summed E-state index contributed by atoms with van der Waals surface area (Å²) in [5.41, 5.74) is 0. The summed E-state index contributed by atoms with van der Waals surface area (Å²) in [7, 11) is 1.35. The molecule has 2 fully saturated rings. The minimum absolute atomic E-state index is 0.198. The summed E-state index contributed by atoms with van der Waals surface area (Å²) in [4.78, 5) is 24.2. The fourth-order valence-electron chi connectivity index (χ4n) is 4.43. The molecule has 2 unspecified atom stereocenters. The molecule has 3 N–H and O–H groups in total. The summed E-state index contributed by atoms with van der Waals surface area (Å²) < 4.78 is 40.5. The Hall–Kier alpha value is -1.34. The summed E-state index contributed by atoms with van der Waals surface area (Å²) in [6.45, 7) is 3.63. The number of esters is 2. The number of aliphatic hydroxyl groups is 3. The van der Waals surface area contributed by atoms with Gasteiger partial charge in [0.15, 0.2) is 12.6 Å². The van der Waals surface area contributed by atoms with Crippen molar-refractivity contribution in [2.24, 2.45) is 0 Å². The second kappa shape index (κ2) is 18.1. The average molecular weight is 550 g/mol. The van der Waals surface area contributed by atoms with E-state index in [4.69, 9.17) is 29.8 Å². The zero-order valence-corrected chi connectivity index (χ0v) is 23.0. The number of ether oxygens (including phenoxy) is 6. The minimum atomic E-state index is -1.50. The quantitative estimate of drug-likeness (QED) is 0.161. The molecule has 2 saturated heterocycles. The summed E-state index contributed by atoms with van der Waals surface area (Å²) in [5.74, 6) is -1.11. The van der Waals surface area contributed by atoms with E-state index in [1.807, 2.05) is 0 Å². The Morgan fingerprint density at radius 3 is 1.92 bits per heavy atom. The number of aliphatic hydroxyl groups excluding tert-OH is 3. The van der Waals surface area contributed by atoms with Crippen molar-refractivity contribution in [2.75, 3.05) is 20.3 Å². The van der Waals surface area contributed by atoms with Crippen LogP contribution in [0.5, 0.6) is 0 Å². The Morgan fingerprint density at radius 2 is 1.29 bits per heavy atom. The monoisotopic (exact) mass is 549 g/mol. The van der Waals surface area contributed by atoms with Gasteiger partial charge in [-0.25, -0.2) is 0 Å². The molecule has 0 amide bonds. The first-order valence-corrected chi connectivity index (χ1v) is 14.0. The van der Waals surface area contributed by atoms with Gasteiger partial charge in [0.2, 0.25) is 0 Å². The van der Waals surface area contributed by atoms with Crippen molar-refractivity contribution in [3.8, 4) is 0 Å². The fraction of sp³-hybridized carbons (Fsp3) is 0.926. The van der Waals surface area contributed by atoms with Crippen LogP contribution in [0.2, 0.25) is 0 Å². The van der Waals surface area contributed by atoms with Crippen LogP contribution in [-0.2, 0) is 38.0 Å². The number of hydrogen-bond donors (Lipinski definition) is 3.